The molecule has 1 saturated heterocycles. The van der Waals surface area contributed by atoms with E-state index in [-0.39, 0.29) is 0 Å². The van der Waals surface area contributed by atoms with E-state index in [0.717, 1.165) is 37.2 Å². The first kappa shape index (κ1) is 14.2. The highest BCUT2D eigenvalue weighted by molar-refractivity contribution is 8.00. The minimum atomic E-state index is -3.38. The highest BCUT2D eigenvalue weighted by Crippen LogP contribution is 2.27. The van der Waals surface area contributed by atoms with Gasteiger partial charge in [-0.1, -0.05) is 6.07 Å². The van der Waals surface area contributed by atoms with E-state index >= 15 is 0 Å². The highest BCUT2D eigenvalue weighted by atomic mass is 32.2. The SMILES string of the molecule is O=S(=O)(NCC1CCCS1)c1ccc2c(c1)NCCC2. The molecular formula is C14H20N2O2S2. The molecule has 0 saturated carbocycles. The van der Waals surface area contributed by atoms with Gasteiger partial charge < -0.3 is 5.32 Å². The minimum absolute atomic E-state index is 0.369. The maximum absolute atomic E-state index is 12.3. The molecule has 4 nitrogen and oxygen atoms in total. The van der Waals surface area contributed by atoms with Crippen LogP contribution in [0.25, 0.3) is 0 Å². The molecular weight excluding hydrogens is 292 g/mol. The molecule has 0 radical (unpaired) electrons. The third-order valence-corrected chi connectivity index (χ3v) is 6.67. The fourth-order valence-electron chi connectivity index (χ4n) is 2.70. The van der Waals surface area contributed by atoms with E-state index in [0.29, 0.717) is 16.7 Å². The quantitative estimate of drug-likeness (QED) is 0.895. The first-order valence-corrected chi connectivity index (χ1v) is 9.66. The van der Waals surface area contributed by atoms with Crippen LogP contribution in [0.4, 0.5) is 5.69 Å². The number of rotatable bonds is 4. The molecule has 2 aliphatic heterocycles. The van der Waals surface area contributed by atoms with Gasteiger partial charge in [0, 0.05) is 24.0 Å². The molecule has 2 aliphatic rings. The van der Waals surface area contributed by atoms with Gasteiger partial charge in [0.1, 0.15) is 0 Å². The number of anilines is 1. The molecule has 20 heavy (non-hydrogen) atoms. The molecule has 3 rings (SSSR count). The van der Waals surface area contributed by atoms with Crippen LogP contribution in [0.3, 0.4) is 0 Å². The van der Waals surface area contributed by atoms with Crippen LogP contribution in [-0.4, -0.2) is 32.5 Å². The number of hydrogen-bond acceptors (Lipinski definition) is 4. The molecule has 0 aliphatic carbocycles. The van der Waals surface area contributed by atoms with E-state index in [2.05, 4.69) is 10.0 Å². The van der Waals surface area contributed by atoms with Gasteiger partial charge in [0.25, 0.3) is 0 Å². The van der Waals surface area contributed by atoms with Crippen LogP contribution in [-0.2, 0) is 16.4 Å². The van der Waals surface area contributed by atoms with E-state index in [1.165, 1.54) is 12.0 Å². The van der Waals surface area contributed by atoms with Crippen LogP contribution in [0, 0.1) is 0 Å². The summed E-state index contributed by atoms with van der Waals surface area (Å²) < 4.78 is 27.4. The second-order valence-electron chi connectivity index (χ2n) is 5.34. The molecule has 0 amide bonds. The molecule has 1 fully saturated rings. The summed E-state index contributed by atoms with van der Waals surface area (Å²) >= 11 is 1.86. The normalized spacial score (nSPS) is 22.3. The fourth-order valence-corrected chi connectivity index (χ4v) is 5.11. The lowest BCUT2D eigenvalue weighted by Crippen LogP contribution is -2.30. The Bertz CT molecular complexity index is 581. The summed E-state index contributed by atoms with van der Waals surface area (Å²) in [7, 11) is -3.38. The zero-order valence-corrected chi connectivity index (χ0v) is 13.0. The first-order valence-electron chi connectivity index (χ1n) is 7.13. The predicted octanol–water partition coefficient (Wildman–Crippen LogP) is 2.22. The van der Waals surface area contributed by atoms with Crippen molar-refractivity contribution in [3.8, 4) is 0 Å². The Morgan fingerprint density at radius 1 is 1.35 bits per heavy atom. The smallest absolute Gasteiger partial charge is 0.240 e. The zero-order chi connectivity index (χ0) is 14.0. The van der Waals surface area contributed by atoms with Crippen molar-refractivity contribution in [2.75, 3.05) is 24.2 Å². The average molecular weight is 312 g/mol. The Kier molecular flexibility index (Phi) is 4.23. The molecule has 0 spiro atoms. The molecule has 2 N–H and O–H groups in total. The lowest BCUT2D eigenvalue weighted by molar-refractivity contribution is 0.579. The van der Waals surface area contributed by atoms with Gasteiger partial charge in [-0.05, 0) is 49.1 Å². The lowest BCUT2D eigenvalue weighted by Gasteiger charge is -2.19. The number of benzene rings is 1. The van der Waals surface area contributed by atoms with Crippen molar-refractivity contribution in [3.05, 3.63) is 23.8 Å². The fraction of sp³-hybridized carbons (Fsp3) is 0.571. The highest BCUT2D eigenvalue weighted by Gasteiger charge is 2.21. The van der Waals surface area contributed by atoms with E-state index in [1.54, 1.807) is 12.1 Å². The number of thioether (sulfide) groups is 1. The van der Waals surface area contributed by atoms with Gasteiger partial charge >= 0.3 is 0 Å². The van der Waals surface area contributed by atoms with Crippen LogP contribution in [0.5, 0.6) is 0 Å². The Morgan fingerprint density at radius 3 is 3.05 bits per heavy atom. The predicted molar refractivity (Wildman–Crippen MR) is 83.9 cm³/mol. The molecule has 110 valence electrons. The van der Waals surface area contributed by atoms with Crippen molar-refractivity contribution >= 4 is 27.5 Å². The van der Waals surface area contributed by atoms with Gasteiger partial charge in [-0.15, -0.1) is 0 Å². The van der Waals surface area contributed by atoms with Crippen LogP contribution in [0.1, 0.15) is 24.8 Å². The number of fused-ring (bicyclic) bond motifs is 1. The Labute approximate surface area is 124 Å². The van der Waals surface area contributed by atoms with Crippen LogP contribution in [0.2, 0.25) is 0 Å². The maximum Gasteiger partial charge on any atom is 0.240 e. The zero-order valence-electron chi connectivity index (χ0n) is 11.4. The summed E-state index contributed by atoms with van der Waals surface area (Å²) in [5.74, 6) is 1.15. The van der Waals surface area contributed by atoms with Crippen molar-refractivity contribution in [2.24, 2.45) is 0 Å². The van der Waals surface area contributed by atoms with Crippen LogP contribution >= 0.6 is 11.8 Å². The van der Waals surface area contributed by atoms with Gasteiger partial charge in [0.2, 0.25) is 10.0 Å². The van der Waals surface area contributed by atoms with Crippen LogP contribution in [0.15, 0.2) is 23.1 Å². The lowest BCUT2D eigenvalue weighted by atomic mass is 10.0. The van der Waals surface area contributed by atoms with Crippen molar-refractivity contribution in [3.63, 3.8) is 0 Å². The summed E-state index contributed by atoms with van der Waals surface area (Å²) in [6.45, 7) is 1.46. The molecule has 2 heterocycles. The largest absolute Gasteiger partial charge is 0.385 e. The second-order valence-corrected chi connectivity index (χ2v) is 8.51. The van der Waals surface area contributed by atoms with E-state index in [4.69, 9.17) is 0 Å². The minimum Gasteiger partial charge on any atom is -0.385 e. The summed E-state index contributed by atoms with van der Waals surface area (Å²) in [6, 6.07) is 5.41. The van der Waals surface area contributed by atoms with E-state index < -0.39 is 10.0 Å². The average Bonchev–Trinajstić information content (AvgIpc) is 2.98. The topological polar surface area (TPSA) is 58.2 Å². The van der Waals surface area contributed by atoms with E-state index in [9.17, 15) is 8.42 Å². The van der Waals surface area contributed by atoms with Crippen molar-refractivity contribution in [1.82, 2.24) is 4.72 Å². The third kappa shape index (κ3) is 3.13. The van der Waals surface area contributed by atoms with Gasteiger partial charge in [-0.3, -0.25) is 0 Å². The van der Waals surface area contributed by atoms with E-state index in [1.807, 2.05) is 17.8 Å². The Balaban J connectivity index is 1.73. The molecule has 1 unspecified atom stereocenters. The Morgan fingerprint density at radius 2 is 2.25 bits per heavy atom. The second kappa shape index (κ2) is 5.95. The molecule has 1 aromatic rings. The standard InChI is InChI=1S/C14H20N2O2S2/c17-20(18,16-10-12-4-2-8-19-12)13-6-5-11-3-1-7-15-14(11)9-13/h5-6,9,12,15-16H,1-4,7-8,10H2. The van der Waals surface area contributed by atoms with Crippen LogP contribution < -0.4 is 10.0 Å². The summed E-state index contributed by atoms with van der Waals surface area (Å²) in [4.78, 5) is 0.369. The monoisotopic (exact) mass is 312 g/mol. The van der Waals surface area contributed by atoms with Gasteiger partial charge in [-0.2, -0.15) is 11.8 Å². The van der Waals surface area contributed by atoms with Gasteiger partial charge in [0.05, 0.1) is 4.90 Å². The summed E-state index contributed by atoms with van der Waals surface area (Å²) in [6.07, 6.45) is 4.43. The molecule has 1 aromatic carbocycles. The van der Waals surface area contributed by atoms with Crippen molar-refractivity contribution < 1.29 is 8.42 Å². The number of nitrogens with one attached hydrogen (secondary N) is 2. The molecule has 6 heteroatoms. The number of hydrogen-bond donors (Lipinski definition) is 2. The van der Waals surface area contributed by atoms with Gasteiger partial charge in [0.15, 0.2) is 0 Å². The summed E-state index contributed by atoms with van der Waals surface area (Å²) in [5.41, 5.74) is 2.18. The molecule has 0 aromatic heterocycles. The molecule has 0 bridgehead atoms. The van der Waals surface area contributed by atoms with Gasteiger partial charge in [-0.25, -0.2) is 13.1 Å². The first-order chi connectivity index (χ1) is 9.65. The summed E-state index contributed by atoms with van der Waals surface area (Å²) in [5, 5.41) is 3.71. The molecule has 1 atom stereocenters. The number of aryl methyl sites for hydroxylation is 1. The third-order valence-electron chi connectivity index (χ3n) is 3.85. The Hall–Kier alpha value is -0.720. The maximum atomic E-state index is 12.3. The van der Waals surface area contributed by atoms with Crippen molar-refractivity contribution in [2.45, 2.75) is 35.8 Å². The van der Waals surface area contributed by atoms with Crippen molar-refractivity contribution in [1.29, 1.82) is 0 Å². The number of sulfonamides is 1.